The predicted octanol–water partition coefficient (Wildman–Crippen LogP) is 4.53. The fraction of sp³-hybridized carbons (Fsp3) is 0.276. The molecule has 1 amide bonds. The van der Waals surface area contributed by atoms with Gasteiger partial charge >= 0.3 is 0 Å². The third-order valence-electron chi connectivity index (χ3n) is 6.31. The molecule has 0 N–H and O–H groups in total. The number of likely N-dealkylation sites (N-methyl/N-ethyl adjacent to an activating group) is 1. The summed E-state index contributed by atoms with van der Waals surface area (Å²) in [5.41, 5.74) is 2.86. The lowest BCUT2D eigenvalue weighted by Crippen LogP contribution is -2.41. The molecule has 4 rings (SSSR count). The van der Waals surface area contributed by atoms with E-state index in [1.165, 1.54) is 16.7 Å². The van der Waals surface area contributed by atoms with Crippen molar-refractivity contribution in [2.24, 2.45) is 0 Å². The second kappa shape index (κ2) is 10.8. The van der Waals surface area contributed by atoms with Gasteiger partial charge in [-0.05, 0) is 69.9 Å². The van der Waals surface area contributed by atoms with Crippen molar-refractivity contribution >= 4 is 16.8 Å². The normalized spacial score (nSPS) is 12.2. The molecular formula is C29H31FN4O2. The van der Waals surface area contributed by atoms with Gasteiger partial charge in [0.2, 0.25) is 5.91 Å². The SMILES string of the molecule is Cc1ccc(CC(=O)N(CCN(C)C)[C@H](C)c2nc3ccccc3c(=O)n2-c2ccc(F)cc2)cc1. The Kier molecular flexibility index (Phi) is 7.60. The molecule has 0 spiro atoms. The van der Waals surface area contributed by atoms with Gasteiger partial charge in [0.1, 0.15) is 11.6 Å². The zero-order chi connectivity index (χ0) is 25.8. The van der Waals surface area contributed by atoms with Gasteiger partial charge in [-0.1, -0.05) is 42.0 Å². The van der Waals surface area contributed by atoms with E-state index in [4.69, 9.17) is 4.98 Å². The Balaban J connectivity index is 1.81. The van der Waals surface area contributed by atoms with Crippen LogP contribution >= 0.6 is 0 Å². The van der Waals surface area contributed by atoms with Crippen LogP contribution < -0.4 is 5.56 Å². The van der Waals surface area contributed by atoms with Gasteiger partial charge in [-0.25, -0.2) is 9.37 Å². The van der Waals surface area contributed by atoms with Gasteiger partial charge in [0, 0.05) is 13.1 Å². The summed E-state index contributed by atoms with van der Waals surface area (Å²) >= 11 is 0. The maximum atomic E-state index is 13.7. The molecule has 1 atom stereocenters. The Labute approximate surface area is 210 Å². The minimum atomic E-state index is -0.509. The van der Waals surface area contributed by atoms with Crippen LogP contribution in [0.2, 0.25) is 0 Å². The highest BCUT2D eigenvalue weighted by atomic mass is 19.1. The van der Waals surface area contributed by atoms with E-state index >= 15 is 0 Å². The minimum absolute atomic E-state index is 0.0544. The third kappa shape index (κ3) is 5.52. The molecule has 4 aromatic rings. The van der Waals surface area contributed by atoms with Crippen molar-refractivity contribution < 1.29 is 9.18 Å². The van der Waals surface area contributed by atoms with Crippen LogP contribution in [-0.2, 0) is 11.2 Å². The van der Waals surface area contributed by atoms with Crippen LogP contribution in [-0.4, -0.2) is 52.4 Å². The van der Waals surface area contributed by atoms with E-state index in [-0.39, 0.29) is 17.9 Å². The number of para-hydroxylation sites is 1. The van der Waals surface area contributed by atoms with Crippen LogP contribution in [0.3, 0.4) is 0 Å². The van der Waals surface area contributed by atoms with Crippen molar-refractivity contribution in [1.82, 2.24) is 19.4 Å². The molecule has 0 saturated heterocycles. The number of fused-ring (bicyclic) bond motifs is 1. The first-order valence-electron chi connectivity index (χ1n) is 12.0. The lowest BCUT2D eigenvalue weighted by Gasteiger charge is -2.31. The fourth-order valence-corrected chi connectivity index (χ4v) is 4.23. The zero-order valence-electron chi connectivity index (χ0n) is 21.1. The molecule has 0 aliphatic rings. The highest BCUT2D eigenvalue weighted by Gasteiger charge is 2.27. The van der Waals surface area contributed by atoms with E-state index in [0.29, 0.717) is 35.5 Å². The van der Waals surface area contributed by atoms with Crippen molar-refractivity contribution in [3.05, 3.63) is 106 Å². The molecule has 0 radical (unpaired) electrons. The van der Waals surface area contributed by atoms with Crippen molar-refractivity contribution in [1.29, 1.82) is 0 Å². The smallest absolute Gasteiger partial charge is 0.266 e. The summed E-state index contributed by atoms with van der Waals surface area (Å²) in [6.45, 7) is 5.01. The number of nitrogens with zero attached hydrogens (tertiary/aromatic N) is 4. The van der Waals surface area contributed by atoms with Gasteiger partial charge in [0.15, 0.2) is 0 Å². The maximum Gasteiger partial charge on any atom is 0.266 e. The highest BCUT2D eigenvalue weighted by Crippen LogP contribution is 2.24. The molecule has 1 aromatic heterocycles. The van der Waals surface area contributed by atoms with Gasteiger partial charge in [0.05, 0.1) is 29.1 Å². The van der Waals surface area contributed by atoms with E-state index in [9.17, 15) is 14.0 Å². The number of benzene rings is 3. The number of rotatable bonds is 8. The summed E-state index contributed by atoms with van der Waals surface area (Å²) in [4.78, 5) is 35.9. The van der Waals surface area contributed by atoms with Gasteiger partial charge < -0.3 is 9.80 Å². The molecule has 7 heteroatoms. The lowest BCUT2D eigenvalue weighted by atomic mass is 10.1. The summed E-state index contributed by atoms with van der Waals surface area (Å²) < 4.78 is 15.2. The van der Waals surface area contributed by atoms with Crippen molar-refractivity contribution in [3.63, 3.8) is 0 Å². The minimum Gasteiger partial charge on any atom is -0.331 e. The first-order valence-corrected chi connectivity index (χ1v) is 12.0. The summed E-state index contributed by atoms with van der Waals surface area (Å²) in [5, 5.41) is 0.462. The Morgan fingerprint density at radius 3 is 2.31 bits per heavy atom. The largest absolute Gasteiger partial charge is 0.331 e. The zero-order valence-corrected chi connectivity index (χ0v) is 21.1. The number of hydrogen-bond acceptors (Lipinski definition) is 4. The van der Waals surface area contributed by atoms with E-state index in [1.807, 2.05) is 63.2 Å². The summed E-state index contributed by atoms with van der Waals surface area (Å²) in [7, 11) is 3.91. The molecule has 0 unspecified atom stereocenters. The highest BCUT2D eigenvalue weighted by molar-refractivity contribution is 5.80. The van der Waals surface area contributed by atoms with E-state index < -0.39 is 11.9 Å². The summed E-state index contributed by atoms with van der Waals surface area (Å²) in [5.74, 6) is -0.0152. The molecular weight excluding hydrogens is 455 g/mol. The predicted molar refractivity (Wildman–Crippen MR) is 141 cm³/mol. The number of halogens is 1. The Morgan fingerprint density at radius 1 is 0.972 bits per heavy atom. The van der Waals surface area contributed by atoms with Crippen molar-refractivity contribution in [3.8, 4) is 5.69 Å². The van der Waals surface area contributed by atoms with Gasteiger partial charge in [-0.2, -0.15) is 0 Å². The Morgan fingerprint density at radius 2 is 1.64 bits per heavy atom. The molecule has 186 valence electrons. The van der Waals surface area contributed by atoms with E-state index in [2.05, 4.69) is 0 Å². The topological polar surface area (TPSA) is 58.4 Å². The van der Waals surface area contributed by atoms with Crippen LogP contribution in [0, 0.1) is 12.7 Å². The first kappa shape index (κ1) is 25.3. The molecule has 0 saturated carbocycles. The van der Waals surface area contributed by atoms with Gasteiger partial charge in [0.25, 0.3) is 5.56 Å². The Bertz CT molecular complexity index is 1410. The number of carbonyl (C=O) groups excluding carboxylic acids is 1. The first-order chi connectivity index (χ1) is 17.2. The molecule has 6 nitrogen and oxygen atoms in total. The summed E-state index contributed by atoms with van der Waals surface area (Å²) in [6, 6.07) is 20.3. The quantitative estimate of drug-likeness (QED) is 0.367. The molecule has 1 heterocycles. The van der Waals surface area contributed by atoms with Crippen LogP contribution in [0.15, 0.2) is 77.6 Å². The van der Waals surface area contributed by atoms with Crippen LogP contribution in [0.1, 0.15) is 29.9 Å². The maximum absolute atomic E-state index is 13.7. The molecule has 36 heavy (non-hydrogen) atoms. The van der Waals surface area contributed by atoms with Crippen LogP contribution in [0.5, 0.6) is 0 Å². The molecule has 3 aromatic carbocycles. The van der Waals surface area contributed by atoms with Crippen molar-refractivity contribution in [2.75, 3.05) is 27.2 Å². The number of hydrogen-bond donors (Lipinski definition) is 0. The monoisotopic (exact) mass is 486 g/mol. The summed E-state index contributed by atoms with van der Waals surface area (Å²) in [6.07, 6.45) is 0.242. The average Bonchev–Trinajstić information content (AvgIpc) is 2.86. The molecule has 0 fully saturated rings. The van der Waals surface area contributed by atoms with E-state index in [1.54, 1.807) is 35.2 Å². The van der Waals surface area contributed by atoms with Crippen LogP contribution in [0.25, 0.3) is 16.6 Å². The van der Waals surface area contributed by atoms with Gasteiger partial charge in [-0.3, -0.25) is 14.2 Å². The third-order valence-corrected chi connectivity index (χ3v) is 6.31. The fourth-order valence-electron chi connectivity index (χ4n) is 4.23. The number of aryl methyl sites for hydroxylation is 1. The van der Waals surface area contributed by atoms with Gasteiger partial charge in [-0.15, -0.1) is 0 Å². The van der Waals surface area contributed by atoms with Crippen molar-refractivity contribution in [2.45, 2.75) is 26.3 Å². The second-order valence-electron chi connectivity index (χ2n) is 9.33. The Hall–Kier alpha value is -3.84. The molecule has 0 aliphatic carbocycles. The average molecular weight is 487 g/mol. The van der Waals surface area contributed by atoms with E-state index in [0.717, 1.165) is 11.1 Å². The van der Waals surface area contributed by atoms with Crippen LogP contribution in [0.4, 0.5) is 4.39 Å². The molecule has 0 bridgehead atoms. The number of carbonyl (C=O) groups is 1. The second-order valence-corrected chi connectivity index (χ2v) is 9.33. The number of aromatic nitrogens is 2. The standard InChI is InChI=1S/C29H31FN4O2/c1-20-9-11-22(12-10-20)19-27(35)33(18-17-32(3)4)21(2)28-31-26-8-6-5-7-25(26)29(36)34(28)24-15-13-23(30)14-16-24/h5-16,21H,17-19H2,1-4H3/t21-/m1/s1. The number of amides is 1. The molecule has 0 aliphatic heterocycles. The lowest BCUT2D eigenvalue weighted by molar-refractivity contribution is -0.133.